The molecule has 0 fully saturated rings. The summed E-state index contributed by atoms with van der Waals surface area (Å²) >= 11 is 0. The molecule has 0 aliphatic rings. The van der Waals surface area contributed by atoms with Crippen molar-refractivity contribution in [1.82, 2.24) is 4.98 Å². The second-order valence-corrected chi connectivity index (χ2v) is 12.8. The van der Waals surface area contributed by atoms with Gasteiger partial charge in [0, 0.05) is 44.7 Å². The lowest BCUT2D eigenvalue weighted by Crippen LogP contribution is -2.11. The molecule has 4 heteroatoms. The van der Waals surface area contributed by atoms with Crippen LogP contribution in [0.4, 0.5) is 17.1 Å². The van der Waals surface area contributed by atoms with E-state index in [0.29, 0.717) is 5.89 Å². The molecular formula is C47H30N2O2. The van der Waals surface area contributed by atoms with Gasteiger partial charge in [-0.15, -0.1) is 0 Å². The largest absolute Gasteiger partial charge is 0.456 e. The highest BCUT2D eigenvalue weighted by molar-refractivity contribution is 6.07. The smallest absolute Gasteiger partial charge is 0.227 e. The summed E-state index contributed by atoms with van der Waals surface area (Å²) in [4.78, 5) is 7.09. The average Bonchev–Trinajstić information content (AvgIpc) is 3.81. The Hall–Kier alpha value is -6.91. The number of para-hydroxylation sites is 2. The molecule has 0 radical (unpaired) electrons. The third-order valence-electron chi connectivity index (χ3n) is 9.70. The van der Waals surface area contributed by atoms with Crippen LogP contribution in [0.5, 0.6) is 0 Å². The van der Waals surface area contributed by atoms with Gasteiger partial charge in [0.2, 0.25) is 5.89 Å². The van der Waals surface area contributed by atoms with Crippen LogP contribution in [0.25, 0.3) is 77.5 Å². The summed E-state index contributed by atoms with van der Waals surface area (Å²) in [5.41, 5.74) is 12.1. The predicted octanol–water partition coefficient (Wildman–Crippen LogP) is 13.4. The van der Waals surface area contributed by atoms with Crippen LogP contribution in [0, 0.1) is 0 Å². The van der Waals surface area contributed by atoms with Crippen LogP contribution >= 0.6 is 0 Å². The van der Waals surface area contributed by atoms with Gasteiger partial charge < -0.3 is 13.7 Å². The molecule has 10 rings (SSSR count). The molecule has 0 aliphatic heterocycles. The van der Waals surface area contributed by atoms with E-state index in [9.17, 15) is 0 Å². The second kappa shape index (κ2) is 11.9. The molecule has 2 heterocycles. The molecule has 0 amide bonds. The number of nitrogens with zero attached hydrogens (tertiary/aromatic N) is 2. The van der Waals surface area contributed by atoms with Gasteiger partial charge in [0.05, 0.1) is 5.69 Å². The second-order valence-electron chi connectivity index (χ2n) is 12.8. The standard InChI is InChI=1S/C47H30N2O2/c1-3-11-32(12-4-1)38-15-7-9-17-43(38)49(37-25-27-41-40-16-8-10-18-44(40)50-45(41)30-37)36-23-19-31(20-24-36)34-21-26-39-35(29-34)22-28-42-46(39)51-47(48-42)33-13-5-2-6-14-33/h1-30H. The molecule has 4 nitrogen and oxygen atoms in total. The molecule has 51 heavy (non-hydrogen) atoms. The minimum Gasteiger partial charge on any atom is -0.456 e. The van der Waals surface area contributed by atoms with Crippen molar-refractivity contribution < 1.29 is 8.83 Å². The van der Waals surface area contributed by atoms with Crippen molar-refractivity contribution in [2.45, 2.75) is 0 Å². The maximum Gasteiger partial charge on any atom is 0.227 e. The zero-order chi connectivity index (χ0) is 33.7. The number of aromatic nitrogens is 1. The molecule has 0 bridgehead atoms. The Bertz CT molecular complexity index is 2850. The van der Waals surface area contributed by atoms with E-state index in [-0.39, 0.29) is 0 Å². The highest BCUT2D eigenvalue weighted by Gasteiger charge is 2.19. The molecule has 0 saturated carbocycles. The van der Waals surface area contributed by atoms with E-state index in [1.54, 1.807) is 0 Å². The number of oxazole rings is 1. The fourth-order valence-corrected chi connectivity index (χ4v) is 7.21. The summed E-state index contributed by atoms with van der Waals surface area (Å²) in [6.45, 7) is 0. The summed E-state index contributed by atoms with van der Waals surface area (Å²) in [6.07, 6.45) is 0. The summed E-state index contributed by atoms with van der Waals surface area (Å²) in [6, 6.07) is 63.4. The van der Waals surface area contributed by atoms with Crippen LogP contribution in [0.3, 0.4) is 0 Å². The lowest BCUT2D eigenvalue weighted by molar-refractivity contribution is 0.623. The zero-order valence-electron chi connectivity index (χ0n) is 27.5. The third-order valence-corrected chi connectivity index (χ3v) is 9.70. The Kier molecular flexibility index (Phi) is 6.78. The molecular weight excluding hydrogens is 625 g/mol. The molecule has 0 spiro atoms. The van der Waals surface area contributed by atoms with E-state index >= 15 is 0 Å². The maximum atomic E-state index is 6.36. The van der Waals surface area contributed by atoms with Crippen molar-refractivity contribution in [3.8, 4) is 33.7 Å². The van der Waals surface area contributed by atoms with Crippen molar-refractivity contribution in [3.63, 3.8) is 0 Å². The molecule has 8 aromatic carbocycles. The minimum absolute atomic E-state index is 0.635. The molecule has 0 aliphatic carbocycles. The number of fused-ring (bicyclic) bond motifs is 6. The van der Waals surface area contributed by atoms with E-state index in [1.807, 2.05) is 48.5 Å². The number of furan rings is 1. The predicted molar refractivity (Wildman–Crippen MR) is 210 cm³/mol. The van der Waals surface area contributed by atoms with E-state index < -0.39 is 0 Å². The number of hydrogen-bond acceptors (Lipinski definition) is 4. The molecule has 0 unspecified atom stereocenters. The van der Waals surface area contributed by atoms with Crippen LogP contribution in [-0.2, 0) is 0 Å². The van der Waals surface area contributed by atoms with Gasteiger partial charge >= 0.3 is 0 Å². The Morgan fingerprint density at radius 2 is 1.08 bits per heavy atom. The normalized spacial score (nSPS) is 11.5. The first kappa shape index (κ1) is 29.0. The SMILES string of the molecule is c1ccc(-c2nc3ccc4cc(-c5ccc(N(c6ccc7c(c6)oc6ccccc67)c6ccccc6-c6ccccc6)cc5)ccc4c3o2)cc1. The first-order chi connectivity index (χ1) is 25.3. The van der Waals surface area contributed by atoms with Crippen molar-refractivity contribution in [3.05, 3.63) is 182 Å². The van der Waals surface area contributed by atoms with Gasteiger partial charge in [0.25, 0.3) is 0 Å². The van der Waals surface area contributed by atoms with Gasteiger partial charge in [0.1, 0.15) is 16.7 Å². The van der Waals surface area contributed by atoms with Crippen molar-refractivity contribution in [2.24, 2.45) is 0 Å². The van der Waals surface area contributed by atoms with Crippen LogP contribution in [0.1, 0.15) is 0 Å². The lowest BCUT2D eigenvalue weighted by Gasteiger charge is -2.28. The summed E-state index contributed by atoms with van der Waals surface area (Å²) < 4.78 is 12.7. The quantitative estimate of drug-likeness (QED) is 0.179. The van der Waals surface area contributed by atoms with Crippen molar-refractivity contribution in [2.75, 3.05) is 4.90 Å². The highest BCUT2D eigenvalue weighted by Crippen LogP contribution is 2.43. The van der Waals surface area contributed by atoms with E-state index in [2.05, 4.69) is 138 Å². The summed E-state index contributed by atoms with van der Waals surface area (Å²) in [5.74, 6) is 0.635. The Balaban J connectivity index is 1.07. The zero-order valence-corrected chi connectivity index (χ0v) is 27.5. The van der Waals surface area contributed by atoms with Gasteiger partial charge in [-0.2, -0.15) is 0 Å². The van der Waals surface area contributed by atoms with E-state index in [4.69, 9.17) is 13.8 Å². The monoisotopic (exact) mass is 654 g/mol. The van der Waals surface area contributed by atoms with Crippen LogP contribution in [0.2, 0.25) is 0 Å². The molecule has 240 valence electrons. The van der Waals surface area contributed by atoms with Crippen LogP contribution in [0.15, 0.2) is 191 Å². The molecule has 0 N–H and O–H groups in total. The topological polar surface area (TPSA) is 42.4 Å². The van der Waals surface area contributed by atoms with Gasteiger partial charge in [-0.05, 0) is 88.8 Å². The van der Waals surface area contributed by atoms with Gasteiger partial charge in [0.15, 0.2) is 5.58 Å². The number of hydrogen-bond donors (Lipinski definition) is 0. The summed E-state index contributed by atoms with van der Waals surface area (Å²) in [5, 5.41) is 4.39. The Morgan fingerprint density at radius 1 is 0.412 bits per heavy atom. The van der Waals surface area contributed by atoms with Crippen molar-refractivity contribution >= 4 is 60.9 Å². The van der Waals surface area contributed by atoms with Crippen LogP contribution < -0.4 is 4.90 Å². The fourth-order valence-electron chi connectivity index (χ4n) is 7.21. The fraction of sp³-hybridized carbons (Fsp3) is 0. The first-order valence-corrected chi connectivity index (χ1v) is 17.1. The van der Waals surface area contributed by atoms with Crippen molar-refractivity contribution in [1.29, 1.82) is 0 Å². The van der Waals surface area contributed by atoms with Gasteiger partial charge in [-0.1, -0.05) is 109 Å². The summed E-state index contributed by atoms with van der Waals surface area (Å²) in [7, 11) is 0. The maximum absolute atomic E-state index is 6.36. The first-order valence-electron chi connectivity index (χ1n) is 17.1. The molecule has 0 atom stereocenters. The average molecular weight is 655 g/mol. The number of rotatable bonds is 6. The highest BCUT2D eigenvalue weighted by atomic mass is 16.3. The van der Waals surface area contributed by atoms with Crippen LogP contribution in [-0.4, -0.2) is 4.98 Å². The molecule has 10 aromatic rings. The lowest BCUT2D eigenvalue weighted by atomic mass is 9.99. The molecule has 0 saturated heterocycles. The third kappa shape index (κ3) is 5.04. The Labute approximate surface area is 294 Å². The number of benzene rings is 8. The van der Waals surface area contributed by atoms with E-state index in [1.165, 1.54) is 0 Å². The Morgan fingerprint density at radius 3 is 1.92 bits per heavy atom. The van der Waals surface area contributed by atoms with Gasteiger partial charge in [-0.25, -0.2) is 4.98 Å². The number of anilines is 3. The minimum atomic E-state index is 0.635. The van der Waals surface area contributed by atoms with E-state index in [0.717, 1.165) is 88.7 Å². The molecule has 2 aromatic heterocycles. The van der Waals surface area contributed by atoms with Gasteiger partial charge in [-0.3, -0.25) is 0 Å².